The highest BCUT2D eigenvalue weighted by Gasteiger charge is 2.72. The molecule has 2 rings (SSSR count). The Bertz CT molecular complexity index is 894. The van der Waals surface area contributed by atoms with E-state index in [1.165, 1.54) is 22.9 Å². The molecule has 0 aliphatic carbocycles. The first-order valence-electron chi connectivity index (χ1n) is 6.37. The Labute approximate surface area is 137 Å². The molecule has 2 aromatic carbocycles. The third kappa shape index (κ3) is 3.37. The molecule has 0 aliphatic heterocycles. The number of aliphatic hydroxyl groups is 1. The van der Waals surface area contributed by atoms with Gasteiger partial charge in [0.05, 0.1) is 5.69 Å². The van der Waals surface area contributed by atoms with E-state index < -0.39 is 39.4 Å². The van der Waals surface area contributed by atoms with Gasteiger partial charge in [-0.1, -0.05) is 36.4 Å². The van der Waals surface area contributed by atoms with Gasteiger partial charge in [-0.15, -0.1) is 0 Å². The van der Waals surface area contributed by atoms with E-state index in [-0.39, 0.29) is 10.8 Å². The number of hydrogen-bond acceptors (Lipinski definition) is 3. The smallest absolute Gasteiger partial charge is 0.369 e. The van der Waals surface area contributed by atoms with Crippen LogP contribution >= 0.6 is 0 Å². The third-order valence-electron chi connectivity index (χ3n) is 3.38. The minimum absolute atomic E-state index is 0.129. The molecule has 0 fully saturated rings. The molecule has 0 unspecified atom stereocenters. The van der Waals surface area contributed by atoms with Gasteiger partial charge in [-0.2, -0.15) is 34.8 Å². The minimum atomic E-state index is -6.18. The number of nitrogens with one attached hydrogen (secondary N) is 1. The lowest BCUT2D eigenvalue weighted by molar-refractivity contribution is -0.375. The fourth-order valence-electron chi connectivity index (χ4n) is 2.29. The molecule has 138 valence electrons. The summed E-state index contributed by atoms with van der Waals surface area (Å²) in [5, 5.41) is 14.1. The summed E-state index contributed by atoms with van der Waals surface area (Å²) in [6.07, 6.45) is -12.4. The average Bonchev–Trinajstić information content (AvgIpc) is 2.43. The van der Waals surface area contributed by atoms with Gasteiger partial charge in [-0.25, -0.2) is 5.14 Å². The minimum Gasteiger partial charge on any atom is -0.369 e. The fraction of sp³-hybridized carbons (Fsp3) is 0.231. The van der Waals surface area contributed by atoms with Crippen LogP contribution in [0.2, 0.25) is 0 Å². The molecule has 0 aromatic heterocycles. The van der Waals surface area contributed by atoms with Gasteiger partial charge in [0.25, 0.3) is 15.8 Å². The van der Waals surface area contributed by atoms with E-state index in [1.807, 2.05) is 0 Å². The zero-order chi connectivity index (χ0) is 19.3. The molecule has 0 radical (unpaired) electrons. The van der Waals surface area contributed by atoms with Crippen molar-refractivity contribution in [2.75, 3.05) is 4.72 Å². The van der Waals surface area contributed by atoms with Crippen LogP contribution in [0.4, 0.5) is 32.0 Å². The van der Waals surface area contributed by atoms with Crippen molar-refractivity contribution in [3.63, 3.8) is 0 Å². The van der Waals surface area contributed by atoms with Crippen molar-refractivity contribution in [1.29, 1.82) is 0 Å². The molecule has 4 N–H and O–H groups in total. The Balaban J connectivity index is 2.95. The fourth-order valence-corrected chi connectivity index (χ4v) is 2.80. The number of alkyl halides is 6. The second-order valence-corrected chi connectivity index (χ2v) is 6.36. The summed E-state index contributed by atoms with van der Waals surface area (Å²) in [6.45, 7) is 0. The van der Waals surface area contributed by atoms with Crippen LogP contribution < -0.4 is 9.86 Å². The molecule has 5 nitrogen and oxygen atoms in total. The summed E-state index contributed by atoms with van der Waals surface area (Å²) in [5.74, 6) is 0. The van der Waals surface area contributed by atoms with Crippen molar-refractivity contribution >= 4 is 26.7 Å². The normalized spacial score (nSPS) is 13.9. The van der Waals surface area contributed by atoms with Crippen molar-refractivity contribution in [2.24, 2.45) is 5.14 Å². The highest BCUT2D eigenvalue weighted by molar-refractivity contribution is 7.90. The van der Waals surface area contributed by atoms with Crippen LogP contribution in [0.5, 0.6) is 0 Å². The van der Waals surface area contributed by atoms with Crippen LogP contribution in [0.25, 0.3) is 10.8 Å². The van der Waals surface area contributed by atoms with Crippen LogP contribution in [0.3, 0.4) is 0 Å². The summed E-state index contributed by atoms with van der Waals surface area (Å²) in [6, 6.07) is 6.34. The van der Waals surface area contributed by atoms with Crippen molar-refractivity contribution in [2.45, 2.75) is 18.0 Å². The molecule has 0 amide bonds. The van der Waals surface area contributed by atoms with Gasteiger partial charge < -0.3 is 5.11 Å². The predicted molar refractivity (Wildman–Crippen MR) is 76.7 cm³/mol. The molecule has 0 saturated heterocycles. The number of halogens is 6. The van der Waals surface area contributed by atoms with Gasteiger partial charge >= 0.3 is 12.4 Å². The van der Waals surface area contributed by atoms with Gasteiger partial charge in [-0.05, 0) is 5.39 Å². The van der Waals surface area contributed by atoms with Crippen molar-refractivity contribution in [1.82, 2.24) is 0 Å². The van der Waals surface area contributed by atoms with E-state index in [0.29, 0.717) is 6.07 Å². The van der Waals surface area contributed by atoms with Gasteiger partial charge in [0.1, 0.15) is 0 Å². The molecule has 0 saturated carbocycles. The van der Waals surface area contributed by atoms with E-state index in [1.54, 1.807) is 0 Å². The first kappa shape index (κ1) is 19.3. The lowest BCUT2D eigenvalue weighted by atomic mass is 9.88. The Kier molecular flexibility index (Phi) is 4.43. The summed E-state index contributed by atoms with van der Waals surface area (Å²) < 4.78 is 103. The lowest BCUT2D eigenvalue weighted by Gasteiger charge is -2.34. The van der Waals surface area contributed by atoms with Crippen LogP contribution in [-0.4, -0.2) is 25.9 Å². The Morgan fingerprint density at radius 3 is 1.92 bits per heavy atom. The molecule has 12 heteroatoms. The van der Waals surface area contributed by atoms with Crippen molar-refractivity contribution in [3.8, 4) is 0 Å². The lowest BCUT2D eigenvalue weighted by Crippen LogP contribution is -2.54. The largest absolute Gasteiger partial charge is 0.430 e. The van der Waals surface area contributed by atoms with E-state index in [2.05, 4.69) is 0 Å². The summed E-state index contributed by atoms with van der Waals surface area (Å²) in [5.41, 5.74) is -8.16. The highest BCUT2D eigenvalue weighted by atomic mass is 32.2. The number of rotatable bonds is 3. The van der Waals surface area contributed by atoms with E-state index >= 15 is 0 Å². The number of nitrogens with two attached hydrogens (primary N) is 1. The zero-order valence-electron chi connectivity index (χ0n) is 12.0. The van der Waals surface area contributed by atoms with Gasteiger partial charge in [0, 0.05) is 10.9 Å². The number of fused-ring (bicyclic) bond motifs is 1. The number of benzene rings is 2. The second-order valence-electron chi connectivity index (χ2n) is 5.06. The first-order chi connectivity index (χ1) is 11.2. The van der Waals surface area contributed by atoms with Crippen LogP contribution in [0.1, 0.15) is 5.56 Å². The maximum absolute atomic E-state index is 13.1. The first-order valence-corrected chi connectivity index (χ1v) is 7.92. The zero-order valence-corrected chi connectivity index (χ0v) is 12.8. The highest BCUT2D eigenvalue weighted by Crippen LogP contribution is 2.52. The van der Waals surface area contributed by atoms with Gasteiger partial charge in [0.2, 0.25) is 0 Å². The summed E-state index contributed by atoms with van der Waals surface area (Å²) in [4.78, 5) is 0. The van der Waals surface area contributed by atoms with E-state index in [0.717, 1.165) is 12.1 Å². The van der Waals surface area contributed by atoms with Crippen LogP contribution in [0.15, 0.2) is 36.4 Å². The topological polar surface area (TPSA) is 92.4 Å². The number of anilines is 1. The molecule has 0 bridgehead atoms. The van der Waals surface area contributed by atoms with Crippen LogP contribution in [-0.2, 0) is 15.8 Å². The molecule has 0 aliphatic rings. The molecule has 0 spiro atoms. The molecular weight excluding hydrogens is 378 g/mol. The quantitative estimate of drug-likeness (QED) is 0.706. The predicted octanol–water partition coefficient (Wildman–Crippen LogP) is 2.77. The summed E-state index contributed by atoms with van der Waals surface area (Å²) >= 11 is 0. The third-order valence-corrected chi connectivity index (χ3v) is 3.87. The SMILES string of the molecule is NS(=O)(=O)Nc1c(C(O)(C(F)(F)F)C(F)(F)F)ccc2ccccc12. The Morgan fingerprint density at radius 1 is 0.920 bits per heavy atom. The maximum Gasteiger partial charge on any atom is 0.430 e. The van der Waals surface area contributed by atoms with Crippen molar-refractivity contribution < 1.29 is 39.9 Å². The molecule has 25 heavy (non-hydrogen) atoms. The average molecular weight is 388 g/mol. The van der Waals surface area contributed by atoms with E-state index in [4.69, 9.17) is 5.14 Å². The van der Waals surface area contributed by atoms with Crippen LogP contribution in [0, 0.1) is 0 Å². The second kappa shape index (κ2) is 5.75. The van der Waals surface area contributed by atoms with E-state index in [9.17, 15) is 39.9 Å². The molecule has 0 atom stereocenters. The monoisotopic (exact) mass is 388 g/mol. The van der Waals surface area contributed by atoms with Gasteiger partial charge in [-0.3, -0.25) is 4.72 Å². The van der Waals surface area contributed by atoms with Crippen molar-refractivity contribution in [3.05, 3.63) is 42.0 Å². The summed E-state index contributed by atoms with van der Waals surface area (Å²) in [7, 11) is -4.74. The standard InChI is InChI=1S/C13H10F6N2O3S/c14-12(15,16)11(22,13(17,18)19)9-6-5-7-3-1-2-4-8(7)10(9)21-25(20,23)24/h1-6,21-22H,(H2,20,23,24). The Hall–Kier alpha value is -2.05. The van der Waals surface area contributed by atoms with Gasteiger partial charge in [0.15, 0.2) is 0 Å². The maximum atomic E-state index is 13.1. The molecular formula is C13H10F6N2O3S. The Morgan fingerprint density at radius 2 is 1.44 bits per heavy atom. The number of hydrogen-bond donors (Lipinski definition) is 3. The molecule has 2 aromatic rings. The molecule has 0 heterocycles.